The number of aliphatic hydroxyl groups is 2. The molecule has 0 saturated heterocycles. The van der Waals surface area contributed by atoms with Gasteiger partial charge < -0.3 is 20.3 Å². The first-order chi connectivity index (χ1) is 39.5. The number of rotatable bonds is 68. The van der Waals surface area contributed by atoms with Crippen molar-refractivity contribution in [1.82, 2.24) is 5.32 Å². The van der Waals surface area contributed by atoms with Gasteiger partial charge in [0.2, 0.25) is 5.91 Å². The number of carbonyl (C=O) groups excluding carboxylic acids is 2. The second-order valence-corrected chi connectivity index (χ2v) is 24.9. The number of aliphatic hydroxyl groups excluding tert-OH is 2. The average Bonchev–Trinajstić information content (AvgIpc) is 3.46. The highest BCUT2D eigenvalue weighted by molar-refractivity contribution is 5.76. The Kier molecular flexibility index (Phi) is 67.9. The summed E-state index contributed by atoms with van der Waals surface area (Å²) < 4.78 is 5.49. The van der Waals surface area contributed by atoms with Crippen molar-refractivity contribution < 1.29 is 24.5 Å². The van der Waals surface area contributed by atoms with Crippen LogP contribution in [0.5, 0.6) is 0 Å². The van der Waals surface area contributed by atoms with Crippen molar-refractivity contribution in [2.75, 3.05) is 13.2 Å². The number of hydrogen-bond donors (Lipinski definition) is 3. The summed E-state index contributed by atoms with van der Waals surface area (Å²) in [6.45, 7) is 4.96. The van der Waals surface area contributed by atoms with Gasteiger partial charge in [0.25, 0.3) is 0 Å². The van der Waals surface area contributed by atoms with Crippen LogP contribution < -0.4 is 5.32 Å². The van der Waals surface area contributed by atoms with E-state index >= 15 is 0 Å². The molecule has 0 bridgehead atoms. The van der Waals surface area contributed by atoms with Crippen LogP contribution in [0.1, 0.15) is 399 Å². The van der Waals surface area contributed by atoms with E-state index in [1.54, 1.807) is 0 Å². The minimum atomic E-state index is -0.663. The lowest BCUT2D eigenvalue weighted by atomic mass is 10.0. The number of hydrogen-bond acceptors (Lipinski definition) is 5. The van der Waals surface area contributed by atoms with E-state index in [9.17, 15) is 19.8 Å². The van der Waals surface area contributed by atoms with E-state index in [2.05, 4.69) is 55.6 Å². The molecule has 472 valence electrons. The molecule has 3 N–H and O–H groups in total. The quantitative estimate of drug-likeness (QED) is 0.0320. The van der Waals surface area contributed by atoms with E-state index in [0.717, 1.165) is 51.4 Å². The molecule has 6 heteroatoms. The Balaban J connectivity index is 3.36. The van der Waals surface area contributed by atoms with Gasteiger partial charge in [-0.05, 0) is 83.5 Å². The average molecular weight is 1120 g/mol. The van der Waals surface area contributed by atoms with E-state index in [1.807, 2.05) is 0 Å². The van der Waals surface area contributed by atoms with Gasteiger partial charge in [0, 0.05) is 12.8 Å². The molecule has 0 aliphatic rings. The van der Waals surface area contributed by atoms with E-state index in [4.69, 9.17) is 4.74 Å². The van der Waals surface area contributed by atoms with Crippen molar-refractivity contribution in [2.45, 2.75) is 411 Å². The summed E-state index contributed by atoms with van der Waals surface area (Å²) in [5.41, 5.74) is 0. The molecule has 0 fully saturated rings. The fourth-order valence-corrected chi connectivity index (χ4v) is 11.4. The highest BCUT2D eigenvalue weighted by Crippen LogP contribution is 2.19. The number of unbranched alkanes of at least 4 members (excludes halogenated alkanes) is 51. The topological polar surface area (TPSA) is 95.9 Å². The zero-order valence-corrected chi connectivity index (χ0v) is 54.1. The van der Waals surface area contributed by atoms with Crippen molar-refractivity contribution in [1.29, 1.82) is 0 Å². The molecular formula is C74H141NO5. The molecule has 0 spiro atoms. The third kappa shape index (κ3) is 65.2. The van der Waals surface area contributed by atoms with Gasteiger partial charge in [0.05, 0.1) is 25.4 Å². The number of allylic oxidation sites excluding steroid dienone is 6. The molecule has 6 nitrogen and oxygen atoms in total. The smallest absolute Gasteiger partial charge is 0.305 e. The first-order valence-corrected chi connectivity index (χ1v) is 36.2. The maximum absolute atomic E-state index is 12.5. The molecule has 0 saturated carbocycles. The zero-order chi connectivity index (χ0) is 57.8. The van der Waals surface area contributed by atoms with E-state index in [1.165, 1.54) is 315 Å². The first kappa shape index (κ1) is 78.1. The zero-order valence-electron chi connectivity index (χ0n) is 54.1. The van der Waals surface area contributed by atoms with Gasteiger partial charge >= 0.3 is 5.97 Å². The van der Waals surface area contributed by atoms with Gasteiger partial charge in [-0.3, -0.25) is 9.59 Å². The first-order valence-electron chi connectivity index (χ1n) is 36.2. The molecule has 0 aliphatic heterocycles. The van der Waals surface area contributed by atoms with Crippen LogP contribution in [0.15, 0.2) is 36.5 Å². The lowest BCUT2D eigenvalue weighted by Gasteiger charge is -2.22. The van der Waals surface area contributed by atoms with Crippen molar-refractivity contribution >= 4 is 11.9 Å². The van der Waals surface area contributed by atoms with Crippen LogP contribution in [0.3, 0.4) is 0 Å². The van der Waals surface area contributed by atoms with Crippen LogP contribution >= 0.6 is 0 Å². The number of nitrogens with one attached hydrogen (secondary N) is 1. The summed E-state index contributed by atoms with van der Waals surface area (Å²) in [7, 11) is 0. The molecule has 0 aromatic heterocycles. The Morgan fingerprint density at radius 3 is 0.975 bits per heavy atom. The second kappa shape index (κ2) is 69.6. The van der Waals surface area contributed by atoms with Crippen molar-refractivity contribution in [3.8, 4) is 0 Å². The van der Waals surface area contributed by atoms with Crippen LogP contribution in [0.25, 0.3) is 0 Å². The molecule has 80 heavy (non-hydrogen) atoms. The third-order valence-corrected chi connectivity index (χ3v) is 16.9. The standard InChI is InChI=1S/C74H141NO5/c1-3-5-7-9-11-13-15-17-19-38-42-46-50-54-58-62-66-72(77)71(70-76)75-73(78)67-63-59-55-51-47-43-39-36-34-32-30-28-26-24-22-21-23-25-27-29-31-33-35-37-41-45-49-53-57-61-65-69-80-74(79)68-64-60-56-52-48-44-40-20-18-16-14-12-10-8-6-4-2/h14,16,20,23,25,40,71-72,76-77H,3-13,15,17-19,21-22,24,26-39,41-70H2,1-2H3,(H,75,78)/b16-14-,25-23-,40-20-. The molecule has 2 atom stereocenters. The van der Waals surface area contributed by atoms with Crippen LogP contribution in [0.2, 0.25) is 0 Å². The fraction of sp³-hybridized carbons (Fsp3) is 0.892. The summed E-state index contributed by atoms with van der Waals surface area (Å²) in [5, 5.41) is 23.4. The minimum absolute atomic E-state index is 0.00461. The SMILES string of the molecule is CCCCCC/C=C\C/C=C\CCCCCCCC(=O)OCCCCCCCCCCCCCC/C=C\CCCCCCCCCCCCCCCCCC(=O)NC(CO)C(O)CCCCCCCCCCCCCCCCCC. The van der Waals surface area contributed by atoms with Crippen molar-refractivity contribution in [2.24, 2.45) is 0 Å². The molecule has 0 rings (SSSR count). The predicted octanol–water partition coefficient (Wildman–Crippen LogP) is 23.5. The van der Waals surface area contributed by atoms with Gasteiger partial charge in [-0.2, -0.15) is 0 Å². The predicted molar refractivity (Wildman–Crippen MR) is 352 cm³/mol. The summed E-state index contributed by atoms with van der Waals surface area (Å²) in [5.74, 6) is -0.0253. The van der Waals surface area contributed by atoms with Crippen LogP contribution in [0.4, 0.5) is 0 Å². The van der Waals surface area contributed by atoms with E-state index < -0.39 is 12.1 Å². The maximum Gasteiger partial charge on any atom is 0.305 e. The lowest BCUT2D eigenvalue weighted by Crippen LogP contribution is -2.45. The molecule has 2 unspecified atom stereocenters. The number of carbonyl (C=O) groups is 2. The van der Waals surface area contributed by atoms with Crippen LogP contribution in [0, 0.1) is 0 Å². The molecule has 0 aromatic rings. The summed E-state index contributed by atoms with van der Waals surface area (Å²) >= 11 is 0. The highest BCUT2D eigenvalue weighted by atomic mass is 16.5. The Morgan fingerprint density at radius 2 is 0.625 bits per heavy atom. The van der Waals surface area contributed by atoms with E-state index in [-0.39, 0.29) is 18.5 Å². The van der Waals surface area contributed by atoms with Gasteiger partial charge in [-0.15, -0.1) is 0 Å². The fourth-order valence-electron chi connectivity index (χ4n) is 11.4. The Labute approximate surface area is 500 Å². The number of amides is 1. The molecule has 0 aliphatic carbocycles. The lowest BCUT2D eigenvalue weighted by molar-refractivity contribution is -0.143. The third-order valence-electron chi connectivity index (χ3n) is 16.9. The monoisotopic (exact) mass is 1120 g/mol. The molecular weight excluding hydrogens is 983 g/mol. The maximum atomic E-state index is 12.5. The second-order valence-electron chi connectivity index (χ2n) is 24.9. The molecule has 0 heterocycles. The highest BCUT2D eigenvalue weighted by Gasteiger charge is 2.20. The van der Waals surface area contributed by atoms with Gasteiger partial charge in [0.1, 0.15) is 0 Å². The van der Waals surface area contributed by atoms with Crippen LogP contribution in [-0.4, -0.2) is 47.4 Å². The minimum Gasteiger partial charge on any atom is -0.466 e. The largest absolute Gasteiger partial charge is 0.466 e. The summed E-state index contributed by atoms with van der Waals surface area (Å²) in [6.07, 6.45) is 89.2. The van der Waals surface area contributed by atoms with Crippen molar-refractivity contribution in [3.05, 3.63) is 36.5 Å². The van der Waals surface area contributed by atoms with Gasteiger partial charge in [-0.25, -0.2) is 0 Å². The van der Waals surface area contributed by atoms with Gasteiger partial charge in [-0.1, -0.05) is 339 Å². The Bertz CT molecular complexity index is 1300. The molecule has 1 amide bonds. The number of ether oxygens (including phenoxy) is 1. The van der Waals surface area contributed by atoms with E-state index in [0.29, 0.717) is 25.9 Å². The Morgan fingerprint density at radius 1 is 0.350 bits per heavy atom. The number of esters is 1. The molecule has 0 aromatic carbocycles. The van der Waals surface area contributed by atoms with Crippen LogP contribution in [-0.2, 0) is 14.3 Å². The van der Waals surface area contributed by atoms with Gasteiger partial charge in [0.15, 0.2) is 0 Å². The summed E-state index contributed by atoms with van der Waals surface area (Å²) in [6, 6.07) is -0.540. The summed E-state index contributed by atoms with van der Waals surface area (Å²) in [4.78, 5) is 24.6. The normalized spacial score (nSPS) is 12.7. The molecule has 0 radical (unpaired) electrons. The van der Waals surface area contributed by atoms with Crippen molar-refractivity contribution in [3.63, 3.8) is 0 Å². The Hall–Kier alpha value is -1.92.